The number of carbonyl (C=O) groups is 2. The van der Waals surface area contributed by atoms with Gasteiger partial charge in [0.2, 0.25) is 5.91 Å². The van der Waals surface area contributed by atoms with E-state index in [0.717, 1.165) is 12.0 Å². The Hall–Kier alpha value is -2.08. The number of amides is 3. The standard InChI is InChI=1S/C15H21N3O3/c1-10(19)11-5-3-6-12(9-11)17-15(21)18-8-4-7-13(18)14(20)16-2/h3,5-6,9-10,13,19H,4,7-8H2,1-2H3,(H,16,20)(H,17,21). The van der Waals surface area contributed by atoms with Crippen molar-refractivity contribution in [2.24, 2.45) is 0 Å². The summed E-state index contributed by atoms with van der Waals surface area (Å²) in [6.07, 6.45) is 0.910. The molecule has 1 saturated heterocycles. The molecule has 1 fully saturated rings. The lowest BCUT2D eigenvalue weighted by atomic mass is 10.1. The van der Waals surface area contributed by atoms with E-state index in [4.69, 9.17) is 0 Å². The maximum absolute atomic E-state index is 12.3. The molecule has 1 aromatic rings. The summed E-state index contributed by atoms with van der Waals surface area (Å²) in [5.41, 5.74) is 1.35. The number of urea groups is 1. The molecule has 2 rings (SSSR count). The second kappa shape index (κ2) is 6.58. The number of nitrogens with zero attached hydrogens (tertiary/aromatic N) is 1. The van der Waals surface area contributed by atoms with Gasteiger partial charge in [-0.05, 0) is 37.5 Å². The van der Waals surface area contributed by atoms with Gasteiger partial charge in [0.25, 0.3) is 0 Å². The molecule has 0 radical (unpaired) electrons. The molecule has 3 amide bonds. The Bertz CT molecular complexity index is 531. The first kappa shape index (κ1) is 15.3. The van der Waals surface area contributed by atoms with Gasteiger partial charge in [-0.3, -0.25) is 4.79 Å². The van der Waals surface area contributed by atoms with Gasteiger partial charge in [0, 0.05) is 19.3 Å². The largest absolute Gasteiger partial charge is 0.389 e. The number of benzene rings is 1. The summed E-state index contributed by atoms with van der Waals surface area (Å²) in [5, 5.41) is 14.9. The summed E-state index contributed by atoms with van der Waals surface area (Å²) in [6.45, 7) is 2.24. The first-order valence-electron chi connectivity index (χ1n) is 7.10. The molecular weight excluding hydrogens is 270 g/mol. The van der Waals surface area contributed by atoms with Crippen molar-refractivity contribution < 1.29 is 14.7 Å². The number of nitrogens with one attached hydrogen (secondary N) is 2. The molecule has 2 unspecified atom stereocenters. The first-order valence-corrected chi connectivity index (χ1v) is 7.10. The molecule has 0 bridgehead atoms. The topological polar surface area (TPSA) is 81.7 Å². The highest BCUT2D eigenvalue weighted by atomic mass is 16.3. The second-order valence-electron chi connectivity index (χ2n) is 5.20. The lowest BCUT2D eigenvalue weighted by molar-refractivity contribution is -0.124. The smallest absolute Gasteiger partial charge is 0.322 e. The van der Waals surface area contributed by atoms with Gasteiger partial charge >= 0.3 is 6.03 Å². The van der Waals surface area contributed by atoms with Crippen LogP contribution < -0.4 is 10.6 Å². The molecule has 114 valence electrons. The van der Waals surface area contributed by atoms with E-state index >= 15 is 0 Å². The molecule has 0 saturated carbocycles. The minimum atomic E-state index is -0.591. The van der Waals surface area contributed by atoms with Gasteiger partial charge in [-0.25, -0.2) is 4.79 Å². The zero-order chi connectivity index (χ0) is 15.4. The first-order chi connectivity index (χ1) is 10.0. The van der Waals surface area contributed by atoms with E-state index in [-0.39, 0.29) is 11.9 Å². The third-order valence-electron chi connectivity index (χ3n) is 3.68. The van der Waals surface area contributed by atoms with Crippen molar-refractivity contribution in [3.63, 3.8) is 0 Å². The molecule has 0 aromatic heterocycles. The van der Waals surface area contributed by atoms with Crippen molar-refractivity contribution in [2.45, 2.75) is 31.9 Å². The zero-order valence-corrected chi connectivity index (χ0v) is 12.3. The predicted octanol–water partition coefficient (Wildman–Crippen LogP) is 1.48. The fraction of sp³-hybridized carbons (Fsp3) is 0.467. The van der Waals surface area contributed by atoms with Crippen LogP contribution in [0.3, 0.4) is 0 Å². The Balaban J connectivity index is 2.07. The molecule has 6 heteroatoms. The van der Waals surface area contributed by atoms with Gasteiger partial charge in [-0.15, -0.1) is 0 Å². The third kappa shape index (κ3) is 3.52. The summed E-state index contributed by atoms with van der Waals surface area (Å²) in [5.74, 6) is -0.139. The number of carbonyl (C=O) groups excluding carboxylic acids is 2. The Morgan fingerprint density at radius 2 is 2.19 bits per heavy atom. The van der Waals surface area contributed by atoms with Crippen LogP contribution in [0.4, 0.5) is 10.5 Å². The summed E-state index contributed by atoms with van der Waals surface area (Å²) in [7, 11) is 1.57. The van der Waals surface area contributed by atoms with Gasteiger partial charge in [0.15, 0.2) is 0 Å². The van der Waals surface area contributed by atoms with Gasteiger partial charge in [0.05, 0.1) is 6.10 Å². The van der Waals surface area contributed by atoms with Crippen molar-refractivity contribution in [3.8, 4) is 0 Å². The highest BCUT2D eigenvalue weighted by Crippen LogP contribution is 2.21. The van der Waals surface area contributed by atoms with Crippen LogP contribution in [0.15, 0.2) is 24.3 Å². The predicted molar refractivity (Wildman–Crippen MR) is 79.9 cm³/mol. The van der Waals surface area contributed by atoms with E-state index in [1.807, 2.05) is 0 Å². The second-order valence-corrected chi connectivity index (χ2v) is 5.20. The average molecular weight is 291 g/mol. The van der Waals surface area contributed by atoms with Crippen LogP contribution >= 0.6 is 0 Å². The van der Waals surface area contributed by atoms with Crippen molar-refractivity contribution in [1.82, 2.24) is 10.2 Å². The van der Waals surface area contributed by atoms with Crippen LogP contribution in [0.1, 0.15) is 31.4 Å². The maximum atomic E-state index is 12.3. The number of likely N-dealkylation sites (tertiary alicyclic amines) is 1. The van der Waals surface area contributed by atoms with E-state index in [9.17, 15) is 14.7 Å². The summed E-state index contributed by atoms with van der Waals surface area (Å²) < 4.78 is 0. The van der Waals surface area contributed by atoms with E-state index in [1.165, 1.54) is 0 Å². The van der Waals surface area contributed by atoms with Gasteiger partial charge in [-0.2, -0.15) is 0 Å². The zero-order valence-electron chi connectivity index (χ0n) is 12.3. The normalized spacial score (nSPS) is 19.2. The minimum Gasteiger partial charge on any atom is -0.389 e. The Labute approximate surface area is 124 Å². The lowest BCUT2D eigenvalue weighted by Crippen LogP contribution is -2.46. The summed E-state index contributed by atoms with van der Waals surface area (Å²) in [4.78, 5) is 25.6. The molecule has 1 heterocycles. The number of aliphatic hydroxyl groups excluding tert-OH is 1. The molecule has 1 aliphatic heterocycles. The lowest BCUT2D eigenvalue weighted by Gasteiger charge is -2.23. The molecule has 6 nitrogen and oxygen atoms in total. The Kier molecular flexibility index (Phi) is 4.80. The highest BCUT2D eigenvalue weighted by Gasteiger charge is 2.33. The number of hydrogen-bond acceptors (Lipinski definition) is 3. The quantitative estimate of drug-likeness (QED) is 0.789. The van der Waals surface area contributed by atoms with Crippen LogP contribution in [0.5, 0.6) is 0 Å². The summed E-state index contributed by atoms with van der Waals surface area (Å²) in [6, 6.07) is 6.36. The molecule has 1 aromatic carbocycles. The van der Waals surface area contributed by atoms with E-state index in [0.29, 0.717) is 18.7 Å². The van der Waals surface area contributed by atoms with Crippen LogP contribution in [-0.2, 0) is 4.79 Å². The summed E-state index contributed by atoms with van der Waals surface area (Å²) >= 11 is 0. The molecule has 0 spiro atoms. The van der Waals surface area contributed by atoms with Crippen molar-refractivity contribution in [3.05, 3.63) is 29.8 Å². The molecular formula is C15H21N3O3. The van der Waals surface area contributed by atoms with Crippen molar-refractivity contribution in [2.75, 3.05) is 18.9 Å². The fourth-order valence-electron chi connectivity index (χ4n) is 2.52. The van der Waals surface area contributed by atoms with Gasteiger partial charge in [-0.1, -0.05) is 12.1 Å². The highest BCUT2D eigenvalue weighted by molar-refractivity contribution is 5.94. The van der Waals surface area contributed by atoms with Crippen molar-refractivity contribution in [1.29, 1.82) is 0 Å². The molecule has 0 aliphatic carbocycles. The van der Waals surface area contributed by atoms with Crippen LogP contribution in [0, 0.1) is 0 Å². The van der Waals surface area contributed by atoms with E-state index < -0.39 is 12.1 Å². The Morgan fingerprint density at radius 1 is 1.43 bits per heavy atom. The number of likely N-dealkylation sites (N-methyl/N-ethyl adjacent to an activating group) is 1. The van der Waals surface area contributed by atoms with E-state index in [2.05, 4.69) is 10.6 Å². The van der Waals surface area contributed by atoms with E-state index in [1.54, 1.807) is 43.1 Å². The molecule has 3 N–H and O–H groups in total. The number of anilines is 1. The van der Waals surface area contributed by atoms with Crippen LogP contribution in [-0.4, -0.2) is 41.6 Å². The van der Waals surface area contributed by atoms with Crippen LogP contribution in [0.25, 0.3) is 0 Å². The monoisotopic (exact) mass is 291 g/mol. The molecule has 21 heavy (non-hydrogen) atoms. The maximum Gasteiger partial charge on any atom is 0.322 e. The Morgan fingerprint density at radius 3 is 2.86 bits per heavy atom. The van der Waals surface area contributed by atoms with Gasteiger partial charge < -0.3 is 20.6 Å². The van der Waals surface area contributed by atoms with Gasteiger partial charge in [0.1, 0.15) is 6.04 Å². The molecule has 1 aliphatic rings. The van der Waals surface area contributed by atoms with Crippen molar-refractivity contribution >= 4 is 17.6 Å². The van der Waals surface area contributed by atoms with Crippen LogP contribution in [0.2, 0.25) is 0 Å². The average Bonchev–Trinajstić information content (AvgIpc) is 2.96. The number of aliphatic hydroxyl groups is 1. The SMILES string of the molecule is CNC(=O)C1CCCN1C(=O)Nc1cccc(C(C)O)c1. The third-order valence-corrected chi connectivity index (χ3v) is 3.68. The minimum absolute atomic E-state index is 0.139. The molecule has 2 atom stereocenters. The fourth-order valence-corrected chi connectivity index (χ4v) is 2.52. The number of rotatable bonds is 3. The number of hydrogen-bond donors (Lipinski definition) is 3.